The molecule has 2 saturated heterocycles. The van der Waals surface area contributed by atoms with Gasteiger partial charge < -0.3 is 20.2 Å². The Morgan fingerprint density at radius 1 is 0.867 bits per heavy atom. The first-order chi connectivity index (χ1) is 21.5. The standard InChI is InChI=1S/C37H37N3O5/c1-37(2,3)28-14-12-25(13-15-28)34(43)38-30(20-23-8-16-29(41)17-9-23)36(45)39-19-18-31-33(39)32(42)22-40(31)35(44)27-11-10-24-6-4-5-7-26(24)21-27/h4-17,21,30-31,33,41H,18-20,22H2,1-3H3,(H,38,43)/t30-,31?,33?/m0/s1. The third-order valence-electron chi connectivity index (χ3n) is 8.96. The van der Waals surface area contributed by atoms with Gasteiger partial charge in [0.1, 0.15) is 17.8 Å². The van der Waals surface area contributed by atoms with Crippen LogP contribution >= 0.6 is 0 Å². The molecular formula is C37H37N3O5. The molecule has 2 fully saturated rings. The summed E-state index contributed by atoms with van der Waals surface area (Å²) in [4.78, 5) is 57.7. The molecule has 0 spiro atoms. The van der Waals surface area contributed by atoms with Gasteiger partial charge in [-0.1, -0.05) is 75.4 Å². The number of phenols is 1. The number of rotatable bonds is 6. The highest BCUT2D eigenvalue weighted by molar-refractivity contribution is 6.05. The number of carbonyl (C=O) groups is 4. The average Bonchev–Trinajstić information content (AvgIpc) is 3.61. The van der Waals surface area contributed by atoms with Crippen molar-refractivity contribution in [1.29, 1.82) is 0 Å². The number of benzene rings is 4. The fraction of sp³-hybridized carbons (Fsp3) is 0.297. The zero-order valence-corrected chi connectivity index (χ0v) is 25.7. The lowest BCUT2D eigenvalue weighted by atomic mass is 9.86. The van der Waals surface area contributed by atoms with E-state index < -0.39 is 24.0 Å². The molecule has 3 atom stereocenters. The molecule has 2 N–H and O–H groups in total. The van der Waals surface area contributed by atoms with E-state index in [2.05, 4.69) is 26.1 Å². The van der Waals surface area contributed by atoms with Crippen LogP contribution in [-0.2, 0) is 21.4 Å². The summed E-state index contributed by atoms with van der Waals surface area (Å²) in [5.41, 5.74) is 2.69. The summed E-state index contributed by atoms with van der Waals surface area (Å²) in [6.07, 6.45) is 0.641. The van der Waals surface area contributed by atoms with Crippen molar-refractivity contribution < 1.29 is 24.3 Å². The number of ketones is 1. The minimum absolute atomic E-state index is 0.0696. The maximum atomic E-state index is 14.2. The minimum atomic E-state index is -0.957. The second kappa shape index (κ2) is 11.8. The first-order valence-electron chi connectivity index (χ1n) is 15.3. The molecule has 6 rings (SSSR count). The highest BCUT2D eigenvalue weighted by atomic mass is 16.3. The maximum Gasteiger partial charge on any atom is 0.254 e. The van der Waals surface area contributed by atoms with Gasteiger partial charge in [0.25, 0.3) is 11.8 Å². The molecule has 8 nitrogen and oxygen atoms in total. The van der Waals surface area contributed by atoms with Gasteiger partial charge in [-0.05, 0) is 70.1 Å². The highest BCUT2D eigenvalue weighted by Crippen LogP contribution is 2.32. The third kappa shape index (κ3) is 6.05. The second-order valence-electron chi connectivity index (χ2n) is 13.0. The van der Waals surface area contributed by atoms with Crippen LogP contribution in [0.5, 0.6) is 5.75 Å². The monoisotopic (exact) mass is 603 g/mol. The van der Waals surface area contributed by atoms with E-state index in [1.54, 1.807) is 35.2 Å². The normalized spacial score (nSPS) is 18.6. The number of phenolic OH excluding ortho intramolecular Hbond substituents is 1. The second-order valence-corrected chi connectivity index (χ2v) is 13.0. The van der Waals surface area contributed by atoms with Gasteiger partial charge in [0.15, 0.2) is 5.78 Å². The molecule has 0 bridgehead atoms. The molecule has 0 aliphatic carbocycles. The molecule has 4 aromatic rings. The molecule has 0 saturated carbocycles. The molecule has 3 amide bonds. The van der Waals surface area contributed by atoms with Crippen LogP contribution in [0.25, 0.3) is 10.8 Å². The van der Waals surface area contributed by atoms with E-state index in [9.17, 15) is 24.3 Å². The zero-order chi connectivity index (χ0) is 31.9. The van der Waals surface area contributed by atoms with Crippen LogP contribution in [0.2, 0.25) is 0 Å². The summed E-state index contributed by atoms with van der Waals surface area (Å²) in [6.45, 7) is 6.51. The van der Waals surface area contributed by atoms with Gasteiger partial charge in [0.05, 0.1) is 12.6 Å². The Morgan fingerprint density at radius 3 is 2.22 bits per heavy atom. The Kier molecular flexibility index (Phi) is 7.91. The van der Waals surface area contributed by atoms with Crippen LogP contribution in [0.15, 0.2) is 91.0 Å². The highest BCUT2D eigenvalue weighted by Gasteiger charge is 2.52. The smallest absolute Gasteiger partial charge is 0.254 e. The Morgan fingerprint density at radius 2 is 1.53 bits per heavy atom. The number of hydrogen-bond acceptors (Lipinski definition) is 5. The van der Waals surface area contributed by atoms with E-state index in [4.69, 9.17) is 0 Å². The van der Waals surface area contributed by atoms with Crippen molar-refractivity contribution in [3.63, 3.8) is 0 Å². The summed E-state index contributed by atoms with van der Waals surface area (Å²) in [5, 5.41) is 14.6. The van der Waals surface area contributed by atoms with Gasteiger partial charge in [-0.2, -0.15) is 0 Å². The Labute approximate surface area is 262 Å². The first kappa shape index (κ1) is 30.1. The molecule has 4 aromatic carbocycles. The van der Waals surface area contributed by atoms with Crippen molar-refractivity contribution in [2.45, 2.75) is 57.2 Å². The summed E-state index contributed by atoms with van der Waals surface area (Å²) >= 11 is 0. The lowest BCUT2D eigenvalue weighted by Gasteiger charge is -2.28. The van der Waals surface area contributed by atoms with E-state index in [0.29, 0.717) is 24.1 Å². The number of aromatic hydroxyl groups is 1. The molecule has 0 radical (unpaired) electrons. The molecule has 45 heavy (non-hydrogen) atoms. The number of carbonyl (C=O) groups excluding carboxylic acids is 4. The van der Waals surface area contributed by atoms with Crippen LogP contribution in [0, 0.1) is 0 Å². The number of likely N-dealkylation sites (tertiary alicyclic amines) is 2. The van der Waals surface area contributed by atoms with Crippen molar-refractivity contribution in [3.05, 3.63) is 113 Å². The lowest BCUT2D eigenvalue weighted by molar-refractivity contribution is -0.138. The quantitative estimate of drug-likeness (QED) is 0.327. The van der Waals surface area contributed by atoms with Gasteiger partial charge in [-0.15, -0.1) is 0 Å². The van der Waals surface area contributed by atoms with E-state index in [0.717, 1.165) is 21.9 Å². The van der Waals surface area contributed by atoms with Gasteiger partial charge in [-0.25, -0.2) is 0 Å². The van der Waals surface area contributed by atoms with Gasteiger partial charge >= 0.3 is 0 Å². The molecule has 0 aromatic heterocycles. The lowest BCUT2D eigenvalue weighted by Crippen LogP contribution is -2.53. The molecular weight excluding hydrogens is 566 g/mol. The molecule has 2 aliphatic heterocycles. The fourth-order valence-corrected chi connectivity index (χ4v) is 6.46. The summed E-state index contributed by atoms with van der Waals surface area (Å²) in [7, 11) is 0. The Bertz CT molecular complexity index is 1770. The van der Waals surface area contributed by atoms with Crippen LogP contribution in [0.3, 0.4) is 0 Å². The number of hydrogen-bond donors (Lipinski definition) is 2. The van der Waals surface area contributed by atoms with Gasteiger partial charge in [-0.3, -0.25) is 19.2 Å². The zero-order valence-electron chi connectivity index (χ0n) is 25.7. The van der Waals surface area contributed by atoms with Crippen LogP contribution < -0.4 is 5.32 Å². The number of nitrogens with zero attached hydrogens (tertiary/aromatic N) is 2. The number of amides is 3. The summed E-state index contributed by atoms with van der Waals surface area (Å²) in [5.74, 6) is -1.09. The number of fused-ring (bicyclic) bond motifs is 2. The minimum Gasteiger partial charge on any atom is -0.508 e. The Balaban J connectivity index is 1.23. The average molecular weight is 604 g/mol. The SMILES string of the molecule is CC(C)(C)c1ccc(C(=O)N[C@@H](Cc2ccc(O)cc2)C(=O)N2CCC3C2C(=O)CN3C(=O)c2ccc3ccccc3c2)cc1. The molecule has 2 heterocycles. The predicted octanol–water partition coefficient (Wildman–Crippen LogP) is 4.88. The van der Waals surface area contributed by atoms with E-state index in [1.165, 1.54) is 17.0 Å². The molecule has 8 heteroatoms. The van der Waals surface area contributed by atoms with E-state index in [1.807, 2.05) is 48.5 Å². The number of Topliss-reactive ketones (excluding diaryl/α,β-unsaturated/α-hetero) is 1. The summed E-state index contributed by atoms with van der Waals surface area (Å²) in [6, 6.07) is 24.9. The van der Waals surface area contributed by atoms with Crippen LogP contribution in [-0.4, -0.2) is 69.6 Å². The maximum absolute atomic E-state index is 14.2. The van der Waals surface area contributed by atoms with Crippen LogP contribution in [0.4, 0.5) is 0 Å². The third-order valence-corrected chi connectivity index (χ3v) is 8.96. The largest absolute Gasteiger partial charge is 0.508 e. The van der Waals surface area contributed by atoms with Crippen LogP contribution in [0.1, 0.15) is 59.0 Å². The fourth-order valence-electron chi connectivity index (χ4n) is 6.46. The van der Waals surface area contributed by atoms with E-state index >= 15 is 0 Å². The van der Waals surface area contributed by atoms with Crippen molar-refractivity contribution in [2.24, 2.45) is 0 Å². The van der Waals surface area contributed by atoms with Crippen molar-refractivity contribution >= 4 is 34.3 Å². The van der Waals surface area contributed by atoms with Gasteiger partial charge in [0, 0.05) is 24.1 Å². The van der Waals surface area contributed by atoms with Crippen molar-refractivity contribution in [1.82, 2.24) is 15.1 Å². The molecule has 2 aliphatic rings. The molecule has 2 unspecified atom stereocenters. The Hall–Kier alpha value is -4.98. The van der Waals surface area contributed by atoms with E-state index in [-0.39, 0.29) is 41.7 Å². The summed E-state index contributed by atoms with van der Waals surface area (Å²) < 4.78 is 0. The molecule has 230 valence electrons. The predicted molar refractivity (Wildman–Crippen MR) is 172 cm³/mol. The van der Waals surface area contributed by atoms with Gasteiger partial charge in [0.2, 0.25) is 5.91 Å². The topological polar surface area (TPSA) is 107 Å². The number of nitrogens with one attached hydrogen (secondary N) is 1. The van der Waals surface area contributed by atoms with Crippen molar-refractivity contribution in [2.75, 3.05) is 13.1 Å². The first-order valence-corrected chi connectivity index (χ1v) is 15.3. The van der Waals surface area contributed by atoms with Crippen molar-refractivity contribution in [3.8, 4) is 5.75 Å².